The molecule has 2 aromatic carbocycles. The van der Waals surface area contributed by atoms with Crippen LogP contribution in [0.2, 0.25) is 0 Å². The van der Waals surface area contributed by atoms with Crippen molar-refractivity contribution in [3.8, 4) is 0 Å². The Bertz CT molecular complexity index is 985. The summed E-state index contributed by atoms with van der Waals surface area (Å²) in [5.74, 6) is -0.833. The lowest BCUT2D eigenvalue weighted by Gasteiger charge is -2.08. The normalized spacial score (nSPS) is 10.4. The van der Waals surface area contributed by atoms with Gasteiger partial charge < -0.3 is 15.1 Å². The van der Waals surface area contributed by atoms with Crippen LogP contribution in [0, 0.1) is 19.3 Å². The molecule has 0 saturated carbocycles. The zero-order chi connectivity index (χ0) is 20.1. The first-order chi connectivity index (χ1) is 12.8. The van der Waals surface area contributed by atoms with E-state index in [4.69, 9.17) is 15.3 Å². The van der Waals surface area contributed by atoms with Crippen LogP contribution >= 0.6 is 11.8 Å². The molecule has 3 rings (SSSR count). The van der Waals surface area contributed by atoms with Crippen molar-refractivity contribution >= 4 is 34.3 Å². The fourth-order valence-corrected chi connectivity index (χ4v) is 3.59. The molecule has 27 heavy (non-hydrogen) atoms. The Hall–Kier alpha value is -2.53. The lowest BCUT2D eigenvalue weighted by atomic mass is 9.97. The molecule has 3 aromatic rings. The smallest absolute Gasteiger partial charge is 0.300 e. The van der Waals surface area contributed by atoms with Crippen LogP contribution in [0.1, 0.15) is 29.3 Å². The number of benzene rings is 2. The van der Waals surface area contributed by atoms with E-state index >= 15 is 0 Å². The van der Waals surface area contributed by atoms with E-state index in [1.807, 2.05) is 0 Å². The maximum Gasteiger partial charge on any atom is 0.300 e. The van der Waals surface area contributed by atoms with Gasteiger partial charge in [-0.3, -0.25) is 4.79 Å². The number of fused-ring (bicyclic) bond motifs is 1. The highest BCUT2D eigenvalue weighted by molar-refractivity contribution is 7.98. The van der Waals surface area contributed by atoms with Gasteiger partial charge in [0.25, 0.3) is 5.97 Å². The summed E-state index contributed by atoms with van der Waals surface area (Å²) in [5.41, 5.74) is 6.62. The molecule has 0 unspecified atom stereocenters. The summed E-state index contributed by atoms with van der Waals surface area (Å²) in [6.45, 7) is 5.31. The molecule has 0 amide bonds. The zero-order valence-corrected chi connectivity index (χ0v) is 17.3. The fraction of sp³-hybridized carbons (Fsp3) is 0.273. The molecule has 0 aliphatic rings. The molecule has 0 atom stereocenters. The Labute approximate surface area is 164 Å². The summed E-state index contributed by atoms with van der Waals surface area (Å²) in [5, 5.41) is 17.3. The lowest BCUT2D eigenvalue weighted by molar-refractivity contribution is -0.134. The minimum absolute atomic E-state index is 0.677. The number of carboxylic acids is 1. The maximum absolute atomic E-state index is 9.00. The second kappa shape index (κ2) is 8.91. The molecule has 0 aliphatic carbocycles. The van der Waals surface area contributed by atoms with E-state index < -0.39 is 5.97 Å². The molecule has 0 aliphatic heterocycles. The van der Waals surface area contributed by atoms with Crippen molar-refractivity contribution in [3.63, 3.8) is 0 Å². The second-order valence-corrected chi connectivity index (χ2v) is 7.38. The van der Waals surface area contributed by atoms with Gasteiger partial charge in [-0.1, -0.05) is 24.3 Å². The molecule has 0 saturated heterocycles. The third kappa shape index (κ3) is 4.80. The fourth-order valence-electron chi connectivity index (χ4n) is 3.15. The SMILES string of the molecule is CC(=O)O.CSc1ccc2c(c1)c(C(=N)Cc1ccccc1C)c(C)n2C. The monoisotopic (exact) mass is 382 g/mol. The topological polar surface area (TPSA) is 66.1 Å². The molecule has 0 bridgehead atoms. The van der Waals surface area contributed by atoms with Gasteiger partial charge in [0, 0.05) is 53.2 Å². The number of aromatic nitrogens is 1. The molecule has 4 nitrogen and oxygen atoms in total. The van der Waals surface area contributed by atoms with E-state index in [-0.39, 0.29) is 0 Å². The van der Waals surface area contributed by atoms with Crippen molar-refractivity contribution in [1.82, 2.24) is 4.57 Å². The van der Waals surface area contributed by atoms with Gasteiger partial charge in [-0.2, -0.15) is 0 Å². The van der Waals surface area contributed by atoms with Crippen molar-refractivity contribution in [1.29, 1.82) is 5.41 Å². The lowest BCUT2D eigenvalue weighted by Crippen LogP contribution is -2.07. The molecular weight excluding hydrogens is 356 g/mol. The Kier molecular flexibility index (Phi) is 6.86. The molecule has 142 valence electrons. The number of thioether (sulfide) groups is 1. The number of nitrogens with one attached hydrogen (secondary N) is 1. The highest BCUT2D eigenvalue weighted by Crippen LogP contribution is 2.30. The van der Waals surface area contributed by atoms with Crippen LogP contribution in [0.4, 0.5) is 0 Å². The van der Waals surface area contributed by atoms with E-state index in [1.165, 1.54) is 26.9 Å². The average Bonchev–Trinajstić information content (AvgIpc) is 2.87. The number of nitrogens with zero attached hydrogens (tertiary/aromatic N) is 1. The first kappa shape index (κ1) is 20.8. The number of hydrogen-bond donors (Lipinski definition) is 2. The van der Waals surface area contributed by atoms with Crippen LogP contribution in [0.5, 0.6) is 0 Å². The summed E-state index contributed by atoms with van der Waals surface area (Å²) >= 11 is 1.75. The zero-order valence-electron chi connectivity index (χ0n) is 16.5. The van der Waals surface area contributed by atoms with E-state index in [0.29, 0.717) is 12.1 Å². The first-order valence-corrected chi connectivity index (χ1v) is 9.93. The van der Waals surface area contributed by atoms with E-state index in [9.17, 15) is 0 Å². The van der Waals surface area contributed by atoms with Gasteiger partial charge in [-0.05, 0) is 49.4 Å². The van der Waals surface area contributed by atoms with E-state index in [2.05, 4.69) is 74.2 Å². The molecule has 0 spiro atoms. The number of hydrogen-bond acceptors (Lipinski definition) is 3. The third-order valence-corrected chi connectivity index (χ3v) is 5.35. The van der Waals surface area contributed by atoms with Crippen LogP contribution in [0.15, 0.2) is 47.4 Å². The number of carboxylic acid groups (broad SMARTS) is 1. The minimum Gasteiger partial charge on any atom is -0.481 e. The molecule has 0 radical (unpaired) electrons. The standard InChI is InChI=1S/C20H22N2S.C2H4O2/c1-13-7-5-6-8-15(13)11-18(21)20-14(2)22(3)19-10-9-16(23-4)12-17(19)20;1-2(3)4/h5-10,12,21H,11H2,1-4H3;1H3,(H,3,4). The number of aryl methyl sites for hydroxylation is 2. The third-order valence-electron chi connectivity index (χ3n) is 4.63. The van der Waals surface area contributed by atoms with Gasteiger partial charge >= 0.3 is 0 Å². The van der Waals surface area contributed by atoms with E-state index in [0.717, 1.165) is 18.2 Å². The summed E-state index contributed by atoms with van der Waals surface area (Å²) in [6, 6.07) is 14.9. The van der Waals surface area contributed by atoms with Crippen LogP contribution in [0.3, 0.4) is 0 Å². The Morgan fingerprint density at radius 2 is 1.81 bits per heavy atom. The summed E-state index contributed by atoms with van der Waals surface area (Å²) in [6.07, 6.45) is 2.77. The Balaban J connectivity index is 0.000000596. The first-order valence-electron chi connectivity index (χ1n) is 8.71. The van der Waals surface area contributed by atoms with E-state index in [1.54, 1.807) is 11.8 Å². The number of rotatable bonds is 4. The molecule has 5 heteroatoms. The van der Waals surface area contributed by atoms with Crippen LogP contribution in [0.25, 0.3) is 10.9 Å². The highest BCUT2D eigenvalue weighted by atomic mass is 32.2. The van der Waals surface area contributed by atoms with Gasteiger partial charge in [0.2, 0.25) is 0 Å². The molecule has 1 aromatic heterocycles. The molecule has 2 N–H and O–H groups in total. The molecule has 0 fully saturated rings. The molecular formula is C22H26N2O2S. The maximum atomic E-state index is 9.00. The van der Waals surface area contributed by atoms with Crippen LogP contribution in [-0.2, 0) is 18.3 Å². The van der Waals surface area contributed by atoms with Gasteiger partial charge in [0.05, 0.1) is 0 Å². The van der Waals surface area contributed by atoms with Crippen LogP contribution < -0.4 is 0 Å². The van der Waals surface area contributed by atoms with Crippen molar-refractivity contribution in [2.75, 3.05) is 6.26 Å². The van der Waals surface area contributed by atoms with Gasteiger partial charge in [-0.15, -0.1) is 11.8 Å². The van der Waals surface area contributed by atoms with Gasteiger partial charge in [0.15, 0.2) is 0 Å². The summed E-state index contributed by atoms with van der Waals surface area (Å²) in [4.78, 5) is 10.2. The molecule has 1 heterocycles. The second-order valence-electron chi connectivity index (χ2n) is 6.50. The quantitative estimate of drug-likeness (QED) is 0.480. The van der Waals surface area contributed by atoms with Crippen molar-refractivity contribution in [3.05, 3.63) is 64.8 Å². The van der Waals surface area contributed by atoms with Crippen molar-refractivity contribution < 1.29 is 9.90 Å². The van der Waals surface area contributed by atoms with Crippen molar-refractivity contribution in [2.45, 2.75) is 32.1 Å². The predicted molar refractivity (Wildman–Crippen MR) is 114 cm³/mol. The Morgan fingerprint density at radius 1 is 1.19 bits per heavy atom. The van der Waals surface area contributed by atoms with Gasteiger partial charge in [-0.25, -0.2) is 0 Å². The highest BCUT2D eigenvalue weighted by Gasteiger charge is 2.17. The minimum atomic E-state index is -0.833. The summed E-state index contributed by atoms with van der Waals surface area (Å²) < 4.78 is 2.20. The Morgan fingerprint density at radius 3 is 2.41 bits per heavy atom. The number of aliphatic carboxylic acids is 1. The average molecular weight is 383 g/mol. The predicted octanol–water partition coefficient (Wildman–Crippen LogP) is 5.22. The summed E-state index contributed by atoms with van der Waals surface area (Å²) in [7, 11) is 2.08. The van der Waals surface area contributed by atoms with Crippen LogP contribution in [-0.4, -0.2) is 27.6 Å². The van der Waals surface area contributed by atoms with Crippen molar-refractivity contribution in [2.24, 2.45) is 7.05 Å². The van der Waals surface area contributed by atoms with Gasteiger partial charge in [0.1, 0.15) is 0 Å². The largest absolute Gasteiger partial charge is 0.481 e. The number of carbonyl (C=O) groups is 1.